The Kier molecular flexibility index (Phi) is 7.18. The van der Waals surface area contributed by atoms with Crippen molar-refractivity contribution in [3.8, 4) is 11.5 Å². The highest BCUT2D eigenvalue weighted by Gasteiger charge is 2.34. The first-order valence-corrected chi connectivity index (χ1v) is 10.7. The molecule has 1 unspecified atom stereocenters. The molecule has 0 aromatic heterocycles. The largest absolute Gasteiger partial charge is 0.454 e. The molecule has 2 aliphatic rings. The van der Waals surface area contributed by atoms with Gasteiger partial charge in [-0.3, -0.25) is 14.4 Å². The van der Waals surface area contributed by atoms with Crippen molar-refractivity contribution in [1.82, 2.24) is 15.5 Å². The van der Waals surface area contributed by atoms with Crippen molar-refractivity contribution < 1.29 is 23.9 Å². The van der Waals surface area contributed by atoms with E-state index in [1.165, 1.54) is 0 Å². The first-order valence-electron chi connectivity index (χ1n) is 10.7. The molecule has 30 heavy (non-hydrogen) atoms. The highest BCUT2D eigenvalue weighted by Crippen LogP contribution is 2.32. The second kappa shape index (κ2) is 9.82. The second-order valence-corrected chi connectivity index (χ2v) is 8.13. The molecule has 164 valence electrons. The van der Waals surface area contributed by atoms with E-state index in [1.807, 2.05) is 25.7 Å². The van der Waals surface area contributed by atoms with Crippen LogP contribution in [0.4, 0.5) is 0 Å². The Morgan fingerprint density at radius 1 is 1.13 bits per heavy atom. The Morgan fingerprint density at radius 3 is 2.50 bits per heavy atom. The predicted molar refractivity (Wildman–Crippen MR) is 111 cm³/mol. The monoisotopic (exact) mass is 417 g/mol. The van der Waals surface area contributed by atoms with Crippen LogP contribution in [0, 0.1) is 11.8 Å². The maximum Gasteiger partial charge on any atom is 0.252 e. The minimum absolute atomic E-state index is 0.0315. The number of amides is 3. The summed E-state index contributed by atoms with van der Waals surface area (Å²) in [7, 11) is 0. The van der Waals surface area contributed by atoms with Crippen LogP contribution in [0.1, 0.15) is 50.4 Å². The van der Waals surface area contributed by atoms with Crippen molar-refractivity contribution >= 4 is 17.7 Å². The topological polar surface area (TPSA) is 97.0 Å². The molecule has 0 aliphatic carbocycles. The van der Waals surface area contributed by atoms with Crippen molar-refractivity contribution in [2.75, 3.05) is 26.4 Å². The van der Waals surface area contributed by atoms with Crippen LogP contribution in [-0.2, 0) is 9.59 Å². The van der Waals surface area contributed by atoms with E-state index < -0.39 is 6.04 Å². The third-order valence-corrected chi connectivity index (χ3v) is 5.57. The lowest BCUT2D eigenvalue weighted by Gasteiger charge is -2.36. The van der Waals surface area contributed by atoms with Crippen LogP contribution in [0.5, 0.6) is 11.5 Å². The molecule has 0 saturated carbocycles. The van der Waals surface area contributed by atoms with Crippen molar-refractivity contribution in [2.24, 2.45) is 11.8 Å². The Balaban J connectivity index is 1.69. The molecule has 8 nitrogen and oxygen atoms in total. The number of carbonyl (C=O) groups excluding carboxylic acids is 3. The van der Waals surface area contributed by atoms with Gasteiger partial charge in [0.2, 0.25) is 18.6 Å². The number of nitrogens with zero attached hydrogens (tertiary/aromatic N) is 1. The molecule has 1 aromatic carbocycles. The average molecular weight is 418 g/mol. The van der Waals surface area contributed by atoms with E-state index in [4.69, 9.17) is 9.47 Å². The van der Waals surface area contributed by atoms with Crippen molar-refractivity contribution in [2.45, 2.75) is 46.1 Å². The molecule has 0 radical (unpaired) electrons. The first kappa shape index (κ1) is 21.9. The predicted octanol–water partition coefficient (Wildman–Crippen LogP) is 1.93. The van der Waals surface area contributed by atoms with Gasteiger partial charge in [-0.2, -0.15) is 0 Å². The van der Waals surface area contributed by atoms with E-state index in [9.17, 15) is 14.4 Å². The number of likely N-dealkylation sites (tertiary alicyclic amines) is 1. The highest BCUT2D eigenvalue weighted by molar-refractivity contribution is 5.98. The summed E-state index contributed by atoms with van der Waals surface area (Å²) in [6, 6.07) is 4.33. The molecule has 1 fully saturated rings. The van der Waals surface area contributed by atoms with Gasteiger partial charge in [-0.15, -0.1) is 0 Å². The van der Waals surface area contributed by atoms with Crippen LogP contribution < -0.4 is 20.1 Å². The zero-order valence-corrected chi connectivity index (χ0v) is 17.9. The van der Waals surface area contributed by atoms with Crippen molar-refractivity contribution in [3.05, 3.63) is 23.8 Å². The van der Waals surface area contributed by atoms with E-state index in [1.54, 1.807) is 18.2 Å². The normalized spacial score (nSPS) is 17.0. The molecule has 8 heteroatoms. The summed E-state index contributed by atoms with van der Waals surface area (Å²) in [6.07, 6.45) is 2.16. The van der Waals surface area contributed by atoms with E-state index >= 15 is 0 Å². The van der Waals surface area contributed by atoms with Gasteiger partial charge in [-0.1, -0.05) is 20.8 Å². The van der Waals surface area contributed by atoms with Crippen LogP contribution >= 0.6 is 0 Å². The van der Waals surface area contributed by atoms with Gasteiger partial charge in [-0.05, 0) is 43.4 Å². The fourth-order valence-electron chi connectivity index (χ4n) is 3.84. The maximum atomic E-state index is 12.9. The van der Waals surface area contributed by atoms with Crippen LogP contribution in [0.25, 0.3) is 0 Å². The Morgan fingerprint density at radius 2 is 1.83 bits per heavy atom. The molecule has 0 bridgehead atoms. The molecule has 2 aliphatic heterocycles. The lowest BCUT2D eigenvalue weighted by molar-refractivity contribution is -0.136. The molecule has 1 atom stereocenters. The number of carbonyl (C=O) groups is 3. The minimum atomic E-state index is -0.647. The Labute approximate surface area is 177 Å². The van der Waals surface area contributed by atoms with Crippen LogP contribution in [0.3, 0.4) is 0 Å². The summed E-state index contributed by atoms with van der Waals surface area (Å²) >= 11 is 0. The highest BCUT2D eigenvalue weighted by atomic mass is 16.7. The van der Waals surface area contributed by atoms with E-state index in [2.05, 4.69) is 10.6 Å². The van der Waals surface area contributed by atoms with Gasteiger partial charge < -0.3 is 25.0 Å². The zero-order chi connectivity index (χ0) is 21.7. The van der Waals surface area contributed by atoms with Gasteiger partial charge in [0, 0.05) is 31.1 Å². The first-order chi connectivity index (χ1) is 14.4. The van der Waals surface area contributed by atoms with Crippen molar-refractivity contribution in [3.63, 3.8) is 0 Å². The lowest BCUT2D eigenvalue weighted by atomic mass is 9.88. The van der Waals surface area contributed by atoms with E-state index in [0.29, 0.717) is 49.5 Å². The minimum Gasteiger partial charge on any atom is -0.454 e. The summed E-state index contributed by atoms with van der Waals surface area (Å²) in [5, 5.41) is 5.82. The quantitative estimate of drug-likeness (QED) is 0.707. The number of fused-ring (bicyclic) bond motifs is 1. The number of ether oxygens (including phenoxy) is 2. The summed E-state index contributed by atoms with van der Waals surface area (Å²) in [4.78, 5) is 39.8. The van der Waals surface area contributed by atoms with Crippen LogP contribution in [0.15, 0.2) is 18.2 Å². The van der Waals surface area contributed by atoms with Crippen LogP contribution in [0.2, 0.25) is 0 Å². The van der Waals surface area contributed by atoms with Crippen LogP contribution in [-0.4, -0.2) is 55.1 Å². The zero-order valence-electron chi connectivity index (χ0n) is 17.9. The maximum absolute atomic E-state index is 12.9. The van der Waals surface area contributed by atoms with Gasteiger partial charge in [0.25, 0.3) is 5.91 Å². The van der Waals surface area contributed by atoms with Crippen molar-refractivity contribution in [1.29, 1.82) is 0 Å². The molecule has 1 aromatic rings. The van der Waals surface area contributed by atoms with Gasteiger partial charge >= 0.3 is 0 Å². The summed E-state index contributed by atoms with van der Waals surface area (Å²) in [5.41, 5.74) is 0.417. The Bertz CT molecular complexity index is 787. The molecule has 3 rings (SSSR count). The standard InChI is InChI=1S/C22H31N3O5/c1-4-9-23-21(27)19(15-7-10-25(11-8-15)22(28)14(2)3)24-20(26)16-5-6-17-18(12-16)30-13-29-17/h5-6,12,14-15,19H,4,7-11,13H2,1-3H3,(H,23,27)(H,24,26). The molecule has 0 spiro atoms. The number of benzene rings is 1. The van der Waals surface area contributed by atoms with Gasteiger partial charge in [0.1, 0.15) is 6.04 Å². The third-order valence-electron chi connectivity index (χ3n) is 5.57. The SMILES string of the molecule is CCCNC(=O)C(NC(=O)c1ccc2c(c1)OCO2)C1CCN(C(=O)C(C)C)CC1. The Hall–Kier alpha value is -2.77. The number of hydrogen-bond donors (Lipinski definition) is 2. The molecule has 2 N–H and O–H groups in total. The molecule has 3 amide bonds. The van der Waals surface area contributed by atoms with Gasteiger partial charge in [0.05, 0.1) is 0 Å². The number of nitrogens with one attached hydrogen (secondary N) is 2. The summed E-state index contributed by atoms with van der Waals surface area (Å²) in [5.74, 6) is 0.670. The number of piperidine rings is 1. The average Bonchev–Trinajstić information content (AvgIpc) is 3.23. The number of rotatable bonds is 7. The van der Waals surface area contributed by atoms with Gasteiger partial charge in [0.15, 0.2) is 11.5 Å². The van der Waals surface area contributed by atoms with E-state index in [-0.39, 0.29) is 36.4 Å². The molecular weight excluding hydrogens is 386 g/mol. The smallest absolute Gasteiger partial charge is 0.252 e. The summed E-state index contributed by atoms with van der Waals surface area (Å²) in [6.45, 7) is 7.65. The second-order valence-electron chi connectivity index (χ2n) is 8.13. The summed E-state index contributed by atoms with van der Waals surface area (Å²) < 4.78 is 10.6. The third kappa shape index (κ3) is 5.04. The lowest BCUT2D eigenvalue weighted by Crippen LogP contribution is -2.54. The molecular formula is C22H31N3O5. The fourth-order valence-corrected chi connectivity index (χ4v) is 3.84. The van der Waals surface area contributed by atoms with Gasteiger partial charge in [-0.25, -0.2) is 0 Å². The number of hydrogen-bond acceptors (Lipinski definition) is 5. The molecule has 2 heterocycles. The fraction of sp³-hybridized carbons (Fsp3) is 0.591. The van der Waals surface area contributed by atoms with E-state index in [0.717, 1.165) is 6.42 Å². The molecule has 1 saturated heterocycles.